The molecule has 33 heavy (non-hydrogen) atoms. The molecule has 1 aromatic rings. The molecule has 1 aromatic carbocycles. The number of hydrogen-bond donors (Lipinski definition) is 2. The lowest BCUT2D eigenvalue weighted by molar-refractivity contribution is -0.129. The molecule has 0 heterocycles. The van der Waals surface area contributed by atoms with E-state index in [0.29, 0.717) is 42.2 Å². The van der Waals surface area contributed by atoms with E-state index in [1.807, 2.05) is 26.0 Å². The summed E-state index contributed by atoms with van der Waals surface area (Å²) in [5.74, 6) is -0.738. The maximum absolute atomic E-state index is 13.8. The van der Waals surface area contributed by atoms with Gasteiger partial charge in [0.1, 0.15) is 17.1 Å². The predicted molar refractivity (Wildman–Crippen MR) is 135 cm³/mol. The number of carbonyl (C=O) groups excluding carboxylic acids is 2. The number of allylic oxidation sites excluding steroid dienone is 3. The fourth-order valence-electron chi connectivity index (χ4n) is 4.51. The zero-order valence-corrected chi connectivity index (χ0v) is 21.3. The van der Waals surface area contributed by atoms with E-state index in [9.17, 15) is 19.8 Å². The van der Waals surface area contributed by atoms with Crippen LogP contribution in [-0.2, 0) is 16.0 Å². The number of aliphatic hydroxyl groups is 2. The van der Waals surface area contributed by atoms with Crippen molar-refractivity contribution in [3.8, 4) is 0 Å². The van der Waals surface area contributed by atoms with Crippen molar-refractivity contribution in [2.24, 2.45) is 11.3 Å². The normalized spacial score (nSPS) is 16.1. The van der Waals surface area contributed by atoms with Crippen molar-refractivity contribution in [3.63, 3.8) is 0 Å². The highest BCUT2D eigenvalue weighted by atomic mass is 35.5. The number of Topliss-reactive ketones (excluding diaryl/α,β-unsaturated/α-hetero) is 2. The number of ketones is 2. The molecule has 2 N–H and O–H groups in total. The predicted octanol–water partition coefficient (Wildman–Crippen LogP) is 7.85. The highest BCUT2D eigenvalue weighted by Crippen LogP contribution is 2.48. The van der Waals surface area contributed by atoms with E-state index in [2.05, 4.69) is 13.8 Å². The van der Waals surface area contributed by atoms with Gasteiger partial charge in [-0.3, -0.25) is 9.59 Å². The van der Waals surface area contributed by atoms with Crippen molar-refractivity contribution < 1.29 is 19.8 Å². The Morgan fingerprint density at radius 2 is 1.58 bits per heavy atom. The van der Waals surface area contributed by atoms with Crippen LogP contribution < -0.4 is 0 Å². The molecule has 0 atom stereocenters. The largest absolute Gasteiger partial charge is 0.511 e. The third-order valence-corrected chi connectivity index (χ3v) is 6.89. The van der Waals surface area contributed by atoms with Crippen LogP contribution in [0.25, 0.3) is 0 Å². The first-order chi connectivity index (χ1) is 15.7. The highest BCUT2D eigenvalue weighted by molar-refractivity contribution is 6.30. The van der Waals surface area contributed by atoms with Gasteiger partial charge in [0, 0.05) is 17.0 Å². The summed E-state index contributed by atoms with van der Waals surface area (Å²) in [4.78, 5) is 27.1. The zero-order chi connectivity index (χ0) is 24.6. The molecule has 0 bridgehead atoms. The van der Waals surface area contributed by atoms with Crippen LogP contribution in [-0.4, -0.2) is 21.8 Å². The number of rotatable bonds is 13. The van der Waals surface area contributed by atoms with Crippen LogP contribution >= 0.6 is 11.6 Å². The number of hydrogen-bond acceptors (Lipinski definition) is 4. The standard InChI is InChI=1S/C28H39ClO4/c1-5-7-17-28(18-8-6-2)26(32)22(15-9-19(3)4)25(31)24(27(28)33)23(30)16-12-20-10-13-21(29)14-11-20/h10-11,13-14,19,31-32H,5-9,12,15-18H2,1-4H3. The minimum atomic E-state index is -1.12. The molecular weight excluding hydrogens is 436 g/mol. The molecule has 5 heteroatoms. The van der Waals surface area contributed by atoms with Crippen LogP contribution in [0.2, 0.25) is 5.02 Å². The molecule has 0 spiro atoms. The Kier molecular flexibility index (Phi) is 10.2. The van der Waals surface area contributed by atoms with Crippen molar-refractivity contribution >= 4 is 23.2 Å². The van der Waals surface area contributed by atoms with Crippen molar-refractivity contribution in [1.82, 2.24) is 0 Å². The Balaban J connectivity index is 2.47. The second kappa shape index (κ2) is 12.4. The minimum absolute atomic E-state index is 0.0122. The van der Waals surface area contributed by atoms with Gasteiger partial charge in [-0.25, -0.2) is 0 Å². The van der Waals surface area contributed by atoms with Gasteiger partial charge in [-0.2, -0.15) is 0 Å². The van der Waals surface area contributed by atoms with E-state index in [1.165, 1.54) is 0 Å². The van der Waals surface area contributed by atoms with Gasteiger partial charge in [0.2, 0.25) is 0 Å². The summed E-state index contributed by atoms with van der Waals surface area (Å²) in [7, 11) is 0. The average molecular weight is 475 g/mol. The Labute approximate surface area is 203 Å². The lowest BCUT2D eigenvalue weighted by Gasteiger charge is -2.37. The lowest BCUT2D eigenvalue weighted by atomic mass is 9.65. The smallest absolute Gasteiger partial charge is 0.183 e. The fraction of sp³-hybridized carbons (Fsp3) is 0.571. The number of halogens is 1. The van der Waals surface area contributed by atoms with Crippen LogP contribution in [0.1, 0.15) is 91.0 Å². The van der Waals surface area contributed by atoms with Crippen molar-refractivity contribution in [2.75, 3.05) is 0 Å². The van der Waals surface area contributed by atoms with Gasteiger partial charge >= 0.3 is 0 Å². The van der Waals surface area contributed by atoms with Gasteiger partial charge in [0.25, 0.3) is 0 Å². The summed E-state index contributed by atoms with van der Waals surface area (Å²) < 4.78 is 0. The first-order valence-corrected chi connectivity index (χ1v) is 12.7. The first-order valence-electron chi connectivity index (χ1n) is 12.4. The van der Waals surface area contributed by atoms with Crippen LogP contribution in [0.15, 0.2) is 46.9 Å². The van der Waals surface area contributed by atoms with E-state index in [1.54, 1.807) is 12.1 Å². The number of carbonyl (C=O) groups is 2. The Hall–Kier alpha value is -2.07. The lowest BCUT2D eigenvalue weighted by Crippen LogP contribution is -2.41. The molecule has 4 nitrogen and oxygen atoms in total. The summed E-state index contributed by atoms with van der Waals surface area (Å²) in [6.45, 7) is 8.25. The maximum Gasteiger partial charge on any atom is 0.183 e. The molecule has 0 fully saturated rings. The van der Waals surface area contributed by atoms with Gasteiger partial charge in [-0.05, 0) is 55.7 Å². The molecule has 1 aliphatic rings. The molecule has 0 amide bonds. The Morgan fingerprint density at radius 3 is 2.09 bits per heavy atom. The van der Waals surface area contributed by atoms with Gasteiger partial charge < -0.3 is 10.2 Å². The van der Waals surface area contributed by atoms with Crippen molar-refractivity contribution in [2.45, 2.75) is 91.9 Å². The number of aliphatic hydroxyl groups excluding tert-OH is 2. The number of aryl methyl sites for hydroxylation is 1. The monoisotopic (exact) mass is 474 g/mol. The molecule has 2 rings (SSSR count). The molecular formula is C28H39ClO4. The molecule has 0 aliphatic heterocycles. The van der Waals surface area contributed by atoms with Crippen LogP contribution in [0.4, 0.5) is 0 Å². The summed E-state index contributed by atoms with van der Waals surface area (Å²) >= 11 is 5.95. The average Bonchev–Trinajstić information content (AvgIpc) is 2.78. The molecule has 182 valence electrons. The van der Waals surface area contributed by atoms with E-state index in [4.69, 9.17) is 11.6 Å². The summed E-state index contributed by atoms with van der Waals surface area (Å²) in [5, 5.41) is 23.1. The molecule has 0 radical (unpaired) electrons. The highest BCUT2D eigenvalue weighted by Gasteiger charge is 2.50. The number of unbranched alkanes of at least 4 members (excludes halogenated alkanes) is 2. The van der Waals surface area contributed by atoms with E-state index < -0.39 is 11.2 Å². The van der Waals surface area contributed by atoms with Crippen LogP contribution in [0, 0.1) is 11.3 Å². The quantitative estimate of drug-likeness (QED) is 0.285. The molecule has 1 aliphatic carbocycles. The van der Waals surface area contributed by atoms with E-state index in [-0.39, 0.29) is 29.3 Å². The van der Waals surface area contributed by atoms with Crippen molar-refractivity contribution in [3.05, 3.63) is 57.5 Å². The van der Waals surface area contributed by atoms with Gasteiger partial charge in [-0.15, -0.1) is 0 Å². The van der Waals surface area contributed by atoms with Gasteiger partial charge in [0.05, 0.1) is 5.41 Å². The third kappa shape index (κ3) is 6.50. The topological polar surface area (TPSA) is 74.6 Å². The summed E-state index contributed by atoms with van der Waals surface area (Å²) in [6.07, 6.45) is 6.03. The fourth-order valence-corrected chi connectivity index (χ4v) is 4.64. The summed E-state index contributed by atoms with van der Waals surface area (Å²) in [5.41, 5.74) is 0.0892. The SMILES string of the molecule is CCCCC1(CCCC)C(=O)C(C(=O)CCc2ccc(Cl)cc2)=C(O)C(CCC(C)C)=C1O. The Morgan fingerprint density at radius 1 is 1.00 bits per heavy atom. The molecule has 0 aromatic heterocycles. The van der Waals surface area contributed by atoms with Crippen LogP contribution in [0.3, 0.4) is 0 Å². The third-order valence-electron chi connectivity index (χ3n) is 6.64. The molecule has 0 unspecified atom stereocenters. The minimum Gasteiger partial charge on any atom is -0.511 e. The first kappa shape index (κ1) is 27.2. The van der Waals surface area contributed by atoms with Gasteiger partial charge in [-0.1, -0.05) is 77.1 Å². The molecule has 0 saturated heterocycles. The Bertz CT molecular complexity index is 885. The second-order valence-corrected chi connectivity index (χ2v) is 10.1. The maximum atomic E-state index is 13.8. The number of benzene rings is 1. The van der Waals surface area contributed by atoms with Crippen molar-refractivity contribution in [1.29, 1.82) is 0 Å². The second-order valence-electron chi connectivity index (χ2n) is 9.65. The van der Waals surface area contributed by atoms with Crippen LogP contribution in [0.5, 0.6) is 0 Å². The van der Waals surface area contributed by atoms with E-state index in [0.717, 1.165) is 37.7 Å². The molecule has 0 saturated carbocycles. The van der Waals surface area contributed by atoms with E-state index >= 15 is 0 Å². The van der Waals surface area contributed by atoms with Gasteiger partial charge in [0.15, 0.2) is 11.6 Å². The summed E-state index contributed by atoms with van der Waals surface area (Å²) in [6, 6.07) is 7.27. The zero-order valence-electron chi connectivity index (χ0n) is 20.5.